The van der Waals surface area contributed by atoms with Crippen LogP contribution in [0.5, 0.6) is 5.75 Å². The smallest absolute Gasteiger partial charge is 0.339 e. The number of nitrogens with two attached hydrogens (primary N) is 1. The third-order valence-electron chi connectivity index (χ3n) is 2.83. The van der Waals surface area contributed by atoms with Gasteiger partial charge in [0.05, 0.1) is 11.8 Å². The van der Waals surface area contributed by atoms with Crippen molar-refractivity contribution in [1.29, 1.82) is 0 Å². The molecule has 0 saturated heterocycles. The predicted molar refractivity (Wildman–Crippen MR) is 60.8 cm³/mol. The number of carboxylic acids is 1. The zero-order valence-electron chi connectivity index (χ0n) is 9.19. The third kappa shape index (κ3) is 1.96. The molecule has 1 saturated carbocycles. The Morgan fingerprint density at radius 1 is 1.50 bits per heavy atom. The average Bonchev–Trinajstić information content (AvgIpc) is 2.12. The van der Waals surface area contributed by atoms with Crippen LogP contribution in [0.15, 0.2) is 12.1 Å². The van der Waals surface area contributed by atoms with Crippen LogP contribution in [0.25, 0.3) is 0 Å². The quantitative estimate of drug-likeness (QED) is 0.767. The number of carbonyl (C=O) groups is 1. The Balaban J connectivity index is 2.35. The molecule has 0 amide bonds. The Hall–Kier alpha value is -1.71. The highest BCUT2D eigenvalue weighted by molar-refractivity contribution is 5.93. The van der Waals surface area contributed by atoms with Crippen LogP contribution in [0.2, 0.25) is 0 Å². The molecule has 0 unspecified atom stereocenters. The summed E-state index contributed by atoms with van der Waals surface area (Å²) in [6.07, 6.45) is 3.22. The molecule has 4 heteroatoms. The van der Waals surface area contributed by atoms with Gasteiger partial charge < -0.3 is 15.6 Å². The number of aromatic carboxylic acids is 1. The minimum Gasteiger partial charge on any atom is -0.487 e. The van der Waals surface area contributed by atoms with Gasteiger partial charge in [-0.1, -0.05) is 0 Å². The predicted octanol–water partition coefficient (Wildman–Crippen LogP) is 2.21. The van der Waals surface area contributed by atoms with Crippen LogP contribution in [0.4, 0.5) is 5.69 Å². The molecule has 0 bridgehead atoms. The van der Waals surface area contributed by atoms with E-state index < -0.39 is 5.97 Å². The van der Waals surface area contributed by atoms with E-state index in [-0.39, 0.29) is 11.7 Å². The highest BCUT2D eigenvalue weighted by Gasteiger charge is 2.23. The molecule has 2 rings (SSSR count). The van der Waals surface area contributed by atoms with E-state index in [1.807, 2.05) is 6.92 Å². The minimum atomic E-state index is -0.996. The second kappa shape index (κ2) is 4.04. The number of hydrogen-bond donors (Lipinski definition) is 2. The van der Waals surface area contributed by atoms with Crippen LogP contribution in [-0.4, -0.2) is 17.2 Å². The number of ether oxygens (including phenoxy) is 1. The molecule has 1 aromatic carbocycles. The molecular formula is C12H15NO3. The lowest BCUT2D eigenvalue weighted by molar-refractivity contribution is 0.0680. The maximum atomic E-state index is 11.1. The van der Waals surface area contributed by atoms with Gasteiger partial charge in [0.2, 0.25) is 0 Å². The molecule has 1 aliphatic carbocycles. The molecule has 0 heterocycles. The minimum absolute atomic E-state index is 0.128. The molecular weight excluding hydrogens is 206 g/mol. The monoisotopic (exact) mass is 221 g/mol. The third-order valence-corrected chi connectivity index (χ3v) is 2.83. The molecule has 3 N–H and O–H groups in total. The summed E-state index contributed by atoms with van der Waals surface area (Å²) in [5, 5.41) is 9.08. The summed E-state index contributed by atoms with van der Waals surface area (Å²) in [5.41, 5.74) is 7.19. The molecule has 0 aliphatic heterocycles. The van der Waals surface area contributed by atoms with Crippen molar-refractivity contribution in [1.82, 2.24) is 0 Å². The summed E-state index contributed by atoms with van der Waals surface area (Å²) in [6, 6.07) is 3.33. The number of rotatable bonds is 3. The van der Waals surface area contributed by atoms with Gasteiger partial charge in [-0.3, -0.25) is 0 Å². The van der Waals surface area contributed by atoms with E-state index in [1.165, 1.54) is 0 Å². The van der Waals surface area contributed by atoms with Gasteiger partial charge in [0, 0.05) is 0 Å². The SMILES string of the molecule is Cc1cc(N)c(OC2CCC2)c(C(=O)O)c1. The van der Waals surface area contributed by atoms with Crippen molar-refractivity contribution in [3.05, 3.63) is 23.3 Å². The summed E-state index contributed by atoms with van der Waals surface area (Å²) in [6.45, 7) is 1.82. The second-order valence-electron chi connectivity index (χ2n) is 4.21. The molecule has 1 aromatic rings. The first-order valence-corrected chi connectivity index (χ1v) is 5.38. The number of benzene rings is 1. The first kappa shape index (κ1) is 10.8. The van der Waals surface area contributed by atoms with E-state index in [4.69, 9.17) is 15.6 Å². The number of aryl methyl sites for hydroxylation is 1. The number of carboxylic acid groups (broad SMARTS) is 1. The fourth-order valence-corrected chi connectivity index (χ4v) is 1.75. The van der Waals surface area contributed by atoms with Crippen LogP contribution in [0.1, 0.15) is 35.2 Å². The van der Waals surface area contributed by atoms with Crippen LogP contribution < -0.4 is 10.5 Å². The normalized spacial score (nSPS) is 15.6. The summed E-state index contributed by atoms with van der Waals surface area (Å²) in [5.74, 6) is -0.674. The molecule has 0 aromatic heterocycles. The fraction of sp³-hybridized carbons (Fsp3) is 0.417. The zero-order valence-corrected chi connectivity index (χ0v) is 9.19. The number of nitrogen functional groups attached to an aromatic ring is 1. The molecule has 16 heavy (non-hydrogen) atoms. The maximum Gasteiger partial charge on any atom is 0.339 e. The Bertz CT molecular complexity index is 425. The van der Waals surface area contributed by atoms with E-state index in [0.717, 1.165) is 24.8 Å². The lowest BCUT2D eigenvalue weighted by Gasteiger charge is -2.27. The van der Waals surface area contributed by atoms with Crippen molar-refractivity contribution >= 4 is 11.7 Å². The van der Waals surface area contributed by atoms with Gasteiger partial charge in [0.1, 0.15) is 5.56 Å². The fourth-order valence-electron chi connectivity index (χ4n) is 1.75. The van der Waals surface area contributed by atoms with Crippen LogP contribution in [-0.2, 0) is 0 Å². The van der Waals surface area contributed by atoms with E-state index in [0.29, 0.717) is 11.4 Å². The number of hydrogen-bond acceptors (Lipinski definition) is 3. The number of anilines is 1. The lowest BCUT2D eigenvalue weighted by atomic mass is 9.96. The van der Waals surface area contributed by atoms with E-state index >= 15 is 0 Å². The Morgan fingerprint density at radius 2 is 2.19 bits per heavy atom. The first-order valence-electron chi connectivity index (χ1n) is 5.38. The summed E-state index contributed by atoms with van der Waals surface area (Å²) < 4.78 is 5.62. The highest BCUT2D eigenvalue weighted by atomic mass is 16.5. The standard InChI is InChI=1S/C12H15NO3/c1-7-5-9(12(14)15)11(10(13)6-7)16-8-3-2-4-8/h5-6,8H,2-4,13H2,1H3,(H,14,15). The maximum absolute atomic E-state index is 11.1. The van der Waals surface area contributed by atoms with Gasteiger partial charge in [-0.15, -0.1) is 0 Å². The first-order chi connectivity index (χ1) is 7.58. The van der Waals surface area contributed by atoms with Crippen molar-refractivity contribution in [2.45, 2.75) is 32.3 Å². The van der Waals surface area contributed by atoms with Crippen molar-refractivity contribution in [3.63, 3.8) is 0 Å². The van der Waals surface area contributed by atoms with Gasteiger partial charge in [-0.25, -0.2) is 4.79 Å². The summed E-state index contributed by atoms with van der Waals surface area (Å²) >= 11 is 0. The van der Waals surface area contributed by atoms with Gasteiger partial charge in [0.15, 0.2) is 5.75 Å². The Labute approximate surface area is 94.0 Å². The average molecular weight is 221 g/mol. The summed E-state index contributed by atoms with van der Waals surface area (Å²) in [4.78, 5) is 11.1. The van der Waals surface area contributed by atoms with Gasteiger partial charge in [-0.05, 0) is 43.9 Å². The van der Waals surface area contributed by atoms with Crippen LogP contribution >= 0.6 is 0 Å². The van der Waals surface area contributed by atoms with Crippen LogP contribution in [0, 0.1) is 6.92 Å². The van der Waals surface area contributed by atoms with E-state index in [9.17, 15) is 4.79 Å². The van der Waals surface area contributed by atoms with Gasteiger partial charge in [-0.2, -0.15) is 0 Å². The molecule has 4 nitrogen and oxygen atoms in total. The van der Waals surface area contributed by atoms with Crippen molar-refractivity contribution in [2.24, 2.45) is 0 Å². The molecule has 0 atom stereocenters. The topological polar surface area (TPSA) is 72.5 Å². The molecule has 86 valence electrons. The Kier molecular flexibility index (Phi) is 2.73. The zero-order chi connectivity index (χ0) is 11.7. The molecule has 0 radical (unpaired) electrons. The Morgan fingerprint density at radius 3 is 2.69 bits per heavy atom. The molecule has 1 aliphatic rings. The van der Waals surface area contributed by atoms with Crippen LogP contribution in [0.3, 0.4) is 0 Å². The van der Waals surface area contributed by atoms with Crippen molar-refractivity contribution in [2.75, 3.05) is 5.73 Å². The van der Waals surface area contributed by atoms with E-state index in [1.54, 1.807) is 12.1 Å². The highest BCUT2D eigenvalue weighted by Crippen LogP contribution is 2.33. The van der Waals surface area contributed by atoms with E-state index in [2.05, 4.69) is 0 Å². The van der Waals surface area contributed by atoms with Gasteiger partial charge >= 0.3 is 5.97 Å². The summed E-state index contributed by atoms with van der Waals surface area (Å²) in [7, 11) is 0. The molecule has 1 fully saturated rings. The largest absolute Gasteiger partial charge is 0.487 e. The molecule has 0 spiro atoms. The van der Waals surface area contributed by atoms with Gasteiger partial charge in [0.25, 0.3) is 0 Å². The second-order valence-corrected chi connectivity index (χ2v) is 4.21. The lowest BCUT2D eigenvalue weighted by Crippen LogP contribution is -2.26. The van der Waals surface area contributed by atoms with Crippen molar-refractivity contribution < 1.29 is 14.6 Å². The van der Waals surface area contributed by atoms with Crippen molar-refractivity contribution in [3.8, 4) is 5.75 Å².